The normalized spacial score (nSPS) is 14.2. The lowest BCUT2D eigenvalue weighted by Gasteiger charge is -2.14. The van der Waals surface area contributed by atoms with Crippen LogP contribution in [0, 0.1) is 11.6 Å². The Morgan fingerprint density at radius 2 is 1.05 bits per heavy atom. The molecule has 4 aliphatic rings. The molecular formula is C16H12Br2F2. The Morgan fingerprint density at radius 3 is 1.40 bits per heavy atom. The van der Waals surface area contributed by atoms with Gasteiger partial charge in [-0.3, -0.25) is 0 Å². The zero-order chi connectivity index (χ0) is 14.3. The number of aryl methyl sites for hydroxylation is 2. The fraction of sp³-hybridized carbons (Fsp3) is 0.250. The highest BCUT2D eigenvalue weighted by atomic mass is 79.9. The van der Waals surface area contributed by atoms with Crippen molar-refractivity contribution in [1.29, 1.82) is 0 Å². The van der Waals surface area contributed by atoms with Crippen molar-refractivity contribution in [2.45, 2.75) is 25.7 Å². The van der Waals surface area contributed by atoms with E-state index in [1.54, 1.807) is 12.1 Å². The molecule has 0 unspecified atom stereocenters. The van der Waals surface area contributed by atoms with E-state index in [4.69, 9.17) is 0 Å². The first-order valence-electron chi connectivity index (χ1n) is 6.48. The number of halogens is 4. The Kier molecular flexibility index (Phi) is 3.95. The van der Waals surface area contributed by atoms with Gasteiger partial charge in [-0.2, -0.15) is 0 Å². The Bertz CT molecular complexity index is 575. The zero-order valence-electron chi connectivity index (χ0n) is 10.6. The highest BCUT2D eigenvalue weighted by molar-refractivity contribution is 9.10. The van der Waals surface area contributed by atoms with Gasteiger partial charge >= 0.3 is 0 Å². The third-order valence-corrected chi connectivity index (χ3v) is 5.14. The van der Waals surface area contributed by atoms with Crippen molar-refractivity contribution < 1.29 is 8.78 Å². The summed E-state index contributed by atoms with van der Waals surface area (Å²) in [5.41, 5.74) is 3.09. The molecule has 0 spiro atoms. The maximum absolute atomic E-state index is 14.1. The van der Waals surface area contributed by atoms with Crippen LogP contribution >= 0.6 is 31.9 Å². The predicted octanol–water partition coefficient (Wildman–Crippen LogP) is 5.37. The lowest BCUT2D eigenvalue weighted by molar-refractivity contribution is 0.594. The summed E-state index contributed by atoms with van der Waals surface area (Å²) in [5, 5.41) is 0. The van der Waals surface area contributed by atoms with Crippen LogP contribution in [0.1, 0.15) is 22.3 Å². The molecule has 6 rings (SSSR count). The molecule has 4 bridgehead atoms. The van der Waals surface area contributed by atoms with Crippen molar-refractivity contribution in [3.05, 3.63) is 67.1 Å². The van der Waals surface area contributed by atoms with Crippen LogP contribution in [0.25, 0.3) is 0 Å². The van der Waals surface area contributed by atoms with Crippen LogP contribution in [-0.2, 0) is 25.7 Å². The minimum Gasteiger partial charge on any atom is -0.207 e. The van der Waals surface area contributed by atoms with E-state index in [1.165, 1.54) is 0 Å². The molecule has 0 aliphatic heterocycles. The Morgan fingerprint density at radius 1 is 0.650 bits per heavy atom. The van der Waals surface area contributed by atoms with E-state index < -0.39 is 0 Å². The summed E-state index contributed by atoms with van der Waals surface area (Å²) in [4.78, 5) is 0. The van der Waals surface area contributed by atoms with Gasteiger partial charge in [0.15, 0.2) is 0 Å². The van der Waals surface area contributed by atoms with E-state index in [0.29, 0.717) is 36.8 Å². The van der Waals surface area contributed by atoms with Crippen molar-refractivity contribution in [2.24, 2.45) is 0 Å². The average molecular weight is 402 g/mol. The monoisotopic (exact) mass is 400 g/mol. The SMILES string of the molecule is Fc1cc2cc(Br)c1CCc1cc(F)c(c(Br)c1)CC2. The molecule has 0 radical (unpaired) electrons. The molecule has 104 valence electrons. The predicted molar refractivity (Wildman–Crippen MR) is 83.0 cm³/mol. The van der Waals surface area contributed by atoms with Gasteiger partial charge in [0, 0.05) is 20.1 Å². The number of rotatable bonds is 0. The van der Waals surface area contributed by atoms with Gasteiger partial charge in [0.05, 0.1) is 0 Å². The summed E-state index contributed by atoms with van der Waals surface area (Å²) in [6.07, 6.45) is 2.34. The van der Waals surface area contributed by atoms with Crippen LogP contribution in [-0.4, -0.2) is 0 Å². The molecule has 0 saturated carbocycles. The molecule has 2 aromatic rings. The number of benzene rings is 2. The summed E-state index contributed by atoms with van der Waals surface area (Å²) in [6, 6.07) is 7.02. The quantitative estimate of drug-likeness (QED) is 0.556. The molecule has 2 aromatic carbocycles. The Balaban J connectivity index is 2.11. The third-order valence-electron chi connectivity index (χ3n) is 3.73. The van der Waals surface area contributed by atoms with Crippen LogP contribution < -0.4 is 0 Å². The molecule has 0 nitrogen and oxygen atoms in total. The molecule has 0 saturated heterocycles. The smallest absolute Gasteiger partial charge is 0.127 e. The van der Waals surface area contributed by atoms with Crippen LogP contribution in [0.4, 0.5) is 8.78 Å². The Labute approximate surface area is 133 Å². The molecule has 0 N–H and O–H groups in total. The summed E-state index contributed by atoms with van der Waals surface area (Å²) >= 11 is 6.89. The van der Waals surface area contributed by atoms with Gasteiger partial charge in [0.25, 0.3) is 0 Å². The lowest BCUT2D eigenvalue weighted by atomic mass is 9.96. The van der Waals surface area contributed by atoms with Gasteiger partial charge in [0.1, 0.15) is 11.6 Å². The van der Waals surface area contributed by atoms with Gasteiger partial charge in [-0.1, -0.05) is 31.9 Å². The second kappa shape index (κ2) is 5.57. The average Bonchev–Trinajstić information content (AvgIpc) is 2.35. The molecular weight excluding hydrogens is 390 g/mol. The standard InChI is InChI=1S/C16H12Br2F2/c17-13-5-9-1-3-11-14(18)6-10(8-16(11)20)2-4-12(13)15(19)7-9/h5-8H,1-4H2. The van der Waals surface area contributed by atoms with Crippen LogP contribution in [0.3, 0.4) is 0 Å². The van der Waals surface area contributed by atoms with Gasteiger partial charge in [-0.25, -0.2) is 8.78 Å². The van der Waals surface area contributed by atoms with Crippen LogP contribution in [0.5, 0.6) is 0 Å². The van der Waals surface area contributed by atoms with Crippen molar-refractivity contribution in [3.63, 3.8) is 0 Å². The third kappa shape index (κ3) is 2.68. The van der Waals surface area contributed by atoms with Gasteiger partial charge in [0.2, 0.25) is 0 Å². The fourth-order valence-corrected chi connectivity index (χ4v) is 3.98. The van der Waals surface area contributed by atoms with E-state index in [1.807, 2.05) is 12.1 Å². The van der Waals surface area contributed by atoms with Gasteiger partial charge in [-0.05, 0) is 61.1 Å². The molecule has 4 aliphatic carbocycles. The van der Waals surface area contributed by atoms with E-state index in [0.717, 1.165) is 20.1 Å². The topological polar surface area (TPSA) is 0 Å². The zero-order valence-corrected chi connectivity index (χ0v) is 13.8. The van der Waals surface area contributed by atoms with E-state index >= 15 is 0 Å². The molecule has 20 heavy (non-hydrogen) atoms. The first-order chi connectivity index (χ1) is 9.54. The number of hydrogen-bond donors (Lipinski definition) is 0. The van der Waals surface area contributed by atoms with Crippen LogP contribution in [0.2, 0.25) is 0 Å². The van der Waals surface area contributed by atoms with Crippen molar-refractivity contribution in [1.82, 2.24) is 0 Å². The van der Waals surface area contributed by atoms with Crippen molar-refractivity contribution >= 4 is 31.9 Å². The first kappa shape index (κ1) is 14.2. The lowest BCUT2D eigenvalue weighted by Crippen LogP contribution is -2.04. The highest BCUT2D eigenvalue weighted by Crippen LogP contribution is 2.29. The second-order valence-electron chi connectivity index (χ2n) is 5.08. The largest absolute Gasteiger partial charge is 0.207 e. The summed E-state index contributed by atoms with van der Waals surface area (Å²) < 4.78 is 29.8. The van der Waals surface area contributed by atoms with E-state index in [9.17, 15) is 8.78 Å². The van der Waals surface area contributed by atoms with Crippen LogP contribution in [0.15, 0.2) is 33.2 Å². The highest BCUT2D eigenvalue weighted by Gasteiger charge is 2.15. The Hall–Kier alpha value is -0.740. The van der Waals surface area contributed by atoms with Crippen molar-refractivity contribution in [3.8, 4) is 0 Å². The maximum atomic E-state index is 14.1. The minimum atomic E-state index is -0.177. The minimum absolute atomic E-state index is 0.177. The molecule has 0 amide bonds. The summed E-state index contributed by atoms with van der Waals surface area (Å²) in [6.45, 7) is 0. The maximum Gasteiger partial charge on any atom is 0.127 e. The fourth-order valence-electron chi connectivity index (χ4n) is 2.62. The van der Waals surface area contributed by atoms with E-state index in [-0.39, 0.29) is 11.6 Å². The molecule has 0 fully saturated rings. The summed E-state index contributed by atoms with van der Waals surface area (Å²) in [5.74, 6) is -0.354. The summed E-state index contributed by atoms with van der Waals surface area (Å²) in [7, 11) is 0. The second-order valence-corrected chi connectivity index (χ2v) is 6.78. The first-order valence-corrected chi connectivity index (χ1v) is 8.07. The van der Waals surface area contributed by atoms with Gasteiger partial charge in [-0.15, -0.1) is 0 Å². The molecule has 0 heterocycles. The molecule has 0 aromatic heterocycles. The molecule has 0 atom stereocenters. The van der Waals surface area contributed by atoms with Gasteiger partial charge < -0.3 is 0 Å². The molecule has 4 heteroatoms. The number of hydrogen-bond acceptors (Lipinski definition) is 0. The van der Waals surface area contributed by atoms with E-state index in [2.05, 4.69) is 31.9 Å². The van der Waals surface area contributed by atoms with Crippen molar-refractivity contribution in [2.75, 3.05) is 0 Å².